The summed E-state index contributed by atoms with van der Waals surface area (Å²) in [5, 5.41) is 0. The molecule has 0 amide bonds. The van der Waals surface area contributed by atoms with Crippen molar-refractivity contribution in [2.45, 2.75) is 6.92 Å². The summed E-state index contributed by atoms with van der Waals surface area (Å²) in [4.78, 5) is 24.8. The van der Waals surface area contributed by atoms with Crippen LogP contribution in [0, 0.1) is 0 Å². The first-order chi connectivity index (χ1) is 13.6. The molecule has 0 spiro atoms. The zero-order chi connectivity index (χ0) is 19.9. The second-order valence-electron chi connectivity index (χ2n) is 6.02. The summed E-state index contributed by atoms with van der Waals surface area (Å²) < 4.78 is 11.4. The van der Waals surface area contributed by atoms with Crippen LogP contribution in [0.3, 0.4) is 0 Å². The second-order valence-corrected chi connectivity index (χ2v) is 6.93. The highest BCUT2D eigenvalue weighted by atomic mass is 79.9. The van der Waals surface area contributed by atoms with Crippen molar-refractivity contribution in [2.75, 3.05) is 13.2 Å². The van der Waals surface area contributed by atoms with Gasteiger partial charge in [0.2, 0.25) is 0 Å². The molecule has 0 saturated heterocycles. The maximum atomic E-state index is 12.4. The molecular formula is C23H19BrO4. The molecule has 0 aromatic heterocycles. The minimum atomic E-state index is -0.598. The van der Waals surface area contributed by atoms with Gasteiger partial charge in [-0.05, 0) is 36.2 Å². The fourth-order valence-corrected chi connectivity index (χ4v) is 3.08. The van der Waals surface area contributed by atoms with Crippen LogP contribution in [0.1, 0.15) is 27.6 Å². The third-order valence-corrected chi connectivity index (χ3v) is 4.60. The van der Waals surface area contributed by atoms with Crippen LogP contribution in [0.25, 0.3) is 11.1 Å². The molecule has 3 rings (SSSR count). The Balaban J connectivity index is 1.66. The Labute approximate surface area is 172 Å². The summed E-state index contributed by atoms with van der Waals surface area (Å²) in [6, 6.07) is 22.2. The normalized spacial score (nSPS) is 10.4. The van der Waals surface area contributed by atoms with Crippen molar-refractivity contribution in [3.63, 3.8) is 0 Å². The van der Waals surface area contributed by atoms with E-state index in [0.717, 1.165) is 15.6 Å². The number of carbonyl (C=O) groups is 2. The highest BCUT2D eigenvalue weighted by molar-refractivity contribution is 9.10. The minimum absolute atomic E-state index is 0.263. The van der Waals surface area contributed by atoms with Gasteiger partial charge in [0.05, 0.1) is 6.61 Å². The van der Waals surface area contributed by atoms with E-state index < -0.39 is 5.97 Å². The number of ether oxygens (including phenoxy) is 2. The summed E-state index contributed by atoms with van der Waals surface area (Å²) in [6.07, 6.45) is 0. The van der Waals surface area contributed by atoms with Crippen molar-refractivity contribution in [3.8, 4) is 16.9 Å². The minimum Gasteiger partial charge on any atom is -0.493 e. The molecule has 4 nitrogen and oxygen atoms in total. The zero-order valence-electron chi connectivity index (χ0n) is 15.4. The SMILES string of the molecule is CCOc1ccc(Br)cc1C(=O)OCC(=O)c1ccc(-c2ccccc2)cc1. The van der Waals surface area contributed by atoms with Gasteiger partial charge < -0.3 is 9.47 Å². The number of hydrogen-bond donors (Lipinski definition) is 0. The lowest BCUT2D eigenvalue weighted by Gasteiger charge is -2.10. The van der Waals surface area contributed by atoms with E-state index in [0.29, 0.717) is 17.9 Å². The second kappa shape index (κ2) is 9.33. The molecule has 5 heteroatoms. The van der Waals surface area contributed by atoms with Gasteiger partial charge in [0.1, 0.15) is 11.3 Å². The Morgan fingerprint density at radius 2 is 1.57 bits per heavy atom. The van der Waals surface area contributed by atoms with E-state index in [1.165, 1.54) is 0 Å². The van der Waals surface area contributed by atoms with Crippen LogP contribution in [0.15, 0.2) is 77.3 Å². The lowest BCUT2D eigenvalue weighted by atomic mass is 10.0. The van der Waals surface area contributed by atoms with Gasteiger partial charge in [0, 0.05) is 10.0 Å². The largest absolute Gasteiger partial charge is 0.493 e. The molecule has 0 unspecified atom stereocenters. The van der Waals surface area contributed by atoms with Crippen molar-refractivity contribution in [1.29, 1.82) is 0 Å². The molecule has 0 bridgehead atoms. The van der Waals surface area contributed by atoms with Gasteiger partial charge in [-0.3, -0.25) is 4.79 Å². The number of Topliss-reactive ketones (excluding diaryl/α,β-unsaturated/α-hetero) is 1. The molecule has 0 N–H and O–H groups in total. The zero-order valence-corrected chi connectivity index (χ0v) is 16.9. The molecule has 142 valence electrons. The number of rotatable bonds is 7. The third kappa shape index (κ3) is 4.87. The van der Waals surface area contributed by atoms with E-state index in [9.17, 15) is 9.59 Å². The topological polar surface area (TPSA) is 52.6 Å². The molecule has 0 aliphatic carbocycles. The van der Waals surface area contributed by atoms with Crippen LogP contribution in [-0.2, 0) is 4.74 Å². The van der Waals surface area contributed by atoms with Crippen molar-refractivity contribution >= 4 is 27.7 Å². The number of benzene rings is 3. The fourth-order valence-electron chi connectivity index (χ4n) is 2.71. The average Bonchev–Trinajstić information content (AvgIpc) is 2.74. The molecule has 0 aliphatic rings. The Hall–Kier alpha value is -2.92. The molecule has 0 radical (unpaired) electrons. The van der Waals surface area contributed by atoms with Crippen LogP contribution < -0.4 is 4.74 Å². The summed E-state index contributed by atoms with van der Waals surface area (Å²) >= 11 is 3.33. The van der Waals surface area contributed by atoms with Crippen LogP contribution in [0.5, 0.6) is 5.75 Å². The summed E-state index contributed by atoms with van der Waals surface area (Å²) in [6.45, 7) is 1.93. The highest BCUT2D eigenvalue weighted by Gasteiger charge is 2.17. The van der Waals surface area contributed by atoms with E-state index in [-0.39, 0.29) is 18.0 Å². The molecule has 0 fully saturated rings. The van der Waals surface area contributed by atoms with Crippen molar-refractivity contribution in [3.05, 3.63) is 88.4 Å². The summed E-state index contributed by atoms with van der Waals surface area (Å²) in [7, 11) is 0. The van der Waals surface area contributed by atoms with Crippen molar-refractivity contribution < 1.29 is 19.1 Å². The smallest absolute Gasteiger partial charge is 0.342 e. The number of halogens is 1. The van der Waals surface area contributed by atoms with E-state index in [4.69, 9.17) is 9.47 Å². The molecule has 0 aliphatic heterocycles. The number of carbonyl (C=O) groups excluding carboxylic acids is 2. The Kier molecular flexibility index (Phi) is 6.61. The maximum absolute atomic E-state index is 12.4. The van der Waals surface area contributed by atoms with E-state index in [1.807, 2.05) is 49.4 Å². The molecule has 3 aromatic rings. The van der Waals surface area contributed by atoms with Gasteiger partial charge in [-0.25, -0.2) is 4.79 Å². The molecule has 0 saturated carbocycles. The molecule has 28 heavy (non-hydrogen) atoms. The first kappa shape index (κ1) is 19.8. The Morgan fingerprint density at radius 1 is 0.893 bits per heavy atom. The van der Waals surface area contributed by atoms with E-state index in [2.05, 4.69) is 15.9 Å². The summed E-state index contributed by atoms with van der Waals surface area (Å²) in [5.74, 6) is -0.435. The standard InChI is InChI=1S/C23H19BrO4/c1-2-27-22-13-12-19(24)14-20(22)23(26)28-15-21(25)18-10-8-17(9-11-18)16-6-4-3-5-7-16/h3-14H,2,15H2,1H3. The van der Waals surface area contributed by atoms with Crippen LogP contribution >= 0.6 is 15.9 Å². The van der Waals surface area contributed by atoms with E-state index >= 15 is 0 Å². The average molecular weight is 439 g/mol. The number of esters is 1. The molecular weight excluding hydrogens is 420 g/mol. The van der Waals surface area contributed by atoms with Gasteiger partial charge in [-0.1, -0.05) is 70.5 Å². The van der Waals surface area contributed by atoms with Gasteiger partial charge in [-0.15, -0.1) is 0 Å². The van der Waals surface area contributed by atoms with Gasteiger partial charge in [0.15, 0.2) is 12.4 Å². The first-order valence-electron chi connectivity index (χ1n) is 8.86. The van der Waals surface area contributed by atoms with Gasteiger partial charge >= 0.3 is 5.97 Å². The Bertz CT molecular complexity index is 966. The Morgan fingerprint density at radius 3 is 2.25 bits per heavy atom. The van der Waals surface area contributed by atoms with E-state index in [1.54, 1.807) is 30.3 Å². The third-order valence-electron chi connectivity index (χ3n) is 4.11. The predicted molar refractivity (Wildman–Crippen MR) is 112 cm³/mol. The number of ketones is 1. The summed E-state index contributed by atoms with van der Waals surface area (Å²) in [5.41, 5.74) is 2.87. The quantitative estimate of drug-likeness (QED) is 0.358. The maximum Gasteiger partial charge on any atom is 0.342 e. The van der Waals surface area contributed by atoms with Gasteiger partial charge in [-0.2, -0.15) is 0 Å². The first-order valence-corrected chi connectivity index (χ1v) is 9.66. The fraction of sp³-hybridized carbons (Fsp3) is 0.130. The molecule has 0 atom stereocenters. The van der Waals surface area contributed by atoms with Crippen LogP contribution in [0.2, 0.25) is 0 Å². The highest BCUT2D eigenvalue weighted by Crippen LogP contribution is 2.24. The van der Waals surface area contributed by atoms with Crippen LogP contribution in [0.4, 0.5) is 0 Å². The van der Waals surface area contributed by atoms with Crippen molar-refractivity contribution in [1.82, 2.24) is 0 Å². The lowest BCUT2D eigenvalue weighted by Crippen LogP contribution is -2.15. The van der Waals surface area contributed by atoms with Crippen LogP contribution in [-0.4, -0.2) is 25.0 Å². The van der Waals surface area contributed by atoms with Gasteiger partial charge in [0.25, 0.3) is 0 Å². The predicted octanol–water partition coefficient (Wildman–Crippen LogP) is 5.55. The molecule has 3 aromatic carbocycles. The monoisotopic (exact) mass is 438 g/mol. The lowest BCUT2D eigenvalue weighted by molar-refractivity contribution is 0.0471. The molecule has 0 heterocycles. The van der Waals surface area contributed by atoms with Crippen molar-refractivity contribution in [2.24, 2.45) is 0 Å². The number of hydrogen-bond acceptors (Lipinski definition) is 4.